The number of aryl methyl sites for hydroxylation is 1. The molecule has 0 spiro atoms. The number of rotatable bonds is 2. The molecule has 2 aromatic heterocycles. The number of fused-ring (bicyclic) bond motifs is 3. The predicted octanol–water partition coefficient (Wildman–Crippen LogP) is 2.79. The molecule has 0 atom stereocenters. The van der Waals surface area contributed by atoms with Gasteiger partial charge in [-0.05, 0) is 36.2 Å². The molecule has 0 aliphatic heterocycles. The van der Waals surface area contributed by atoms with E-state index in [-0.39, 0.29) is 0 Å². The summed E-state index contributed by atoms with van der Waals surface area (Å²) in [4.78, 5) is 12.8. The van der Waals surface area contributed by atoms with Gasteiger partial charge in [0.1, 0.15) is 4.88 Å². The number of aromatic nitrogens is 2. The largest absolute Gasteiger partial charge is 0.477 e. The van der Waals surface area contributed by atoms with Crippen molar-refractivity contribution in [2.75, 3.05) is 6.26 Å². The van der Waals surface area contributed by atoms with Gasteiger partial charge in [0.15, 0.2) is 0 Å². The standard InChI is InChI=1S/C10H8N2O2S3/c1-15-10-6-4(7(16-10)9(13)14)2-3-5-8(6)17-12-11-5/h2-3H2,1H3,(H,13,14). The van der Waals surface area contributed by atoms with Crippen molar-refractivity contribution in [2.24, 2.45) is 0 Å². The fourth-order valence-corrected chi connectivity index (χ4v) is 4.89. The molecule has 0 bridgehead atoms. The van der Waals surface area contributed by atoms with Crippen LogP contribution in [0, 0.1) is 0 Å². The summed E-state index contributed by atoms with van der Waals surface area (Å²) in [5, 5.41) is 13.3. The molecule has 0 aromatic carbocycles. The van der Waals surface area contributed by atoms with Crippen molar-refractivity contribution in [3.8, 4) is 10.4 Å². The molecule has 3 rings (SSSR count). The lowest BCUT2D eigenvalue weighted by Gasteiger charge is -2.11. The molecule has 2 heterocycles. The van der Waals surface area contributed by atoms with Gasteiger partial charge >= 0.3 is 5.97 Å². The van der Waals surface area contributed by atoms with Gasteiger partial charge in [0.2, 0.25) is 0 Å². The second-order valence-corrected chi connectivity index (χ2v) is 6.48. The van der Waals surface area contributed by atoms with Crippen molar-refractivity contribution in [2.45, 2.75) is 17.1 Å². The molecule has 0 fully saturated rings. The molecule has 0 radical (unpaired) electrons. The Bertz CT molecular complexity index is 603. The van der Waals surface area contributed by atoms with E-state index in [2.05, 4.69) is 9.59 Å². The molecule has 1 aliphatic rings. The number of carboxylic acids is 1. The van der Waals surface area contributed by atoms with Crippen molar-refractivity contribution < 1.29 is 9.90 Å². The topological polar surface area (TPSA) is 63.1 Å². The minimum absolute atomic E-state index is 0.475. The molecular formula is C10H8N2O2S3. The molecule has 4 nitrogen and oxygen atoms in total. The highest BCUT2D eigenvalue weighted by Gasteiger charge is 2.29. The number of thioether (sulfide) groups is 1. The van der Waals surface area contributed by atoms with E-state index in [1.165, 1.54) is 22.9 Å². The van der Waals surface area contributed by atoms with Crippen LogP contribution in [0.15, 0.2) is 4.21 Å². The zero-order valence-electron chi connectivity index (χ0n) is 8.89. The van der Waals surface area contributed by atoms with Crippen LogP contribution in [0.1, 0.15) is 20.9 Å². The van der Waals surface area contributed by atoms with Gasteiger partial charge in [-0.1, -0.05) is 4.49 Å². The Labute approximate surface area is 110 Å². The van der Waals surface area contributed by atoms with E-state index in [0.717, 1.165) is 38.7 Å². The lowest BCUT2D eigenvalue weighted by atomic mass is 9.96. The molecule has 7 heteroatoms. The molecule has 17 heavy (non-hydrogen) atoms. The summed E-state index contributed by atoms with van der Waals surface area (Å²) in [6, 6.07) is 0. The zero-order chi connectivity index (χ0) is 12.0. The van der Waals surface area contributed by atoms with Crippen molar-refractivity contribution in [3.05, 3.63) is 16.1 Å². The number of thiophene rings is 1. The quantitative estimate of drug-likeness (QED) is 0.859. The number of hydrogen-bond donors (Lipinski definition) is 1. The summed E-state index contributed by atoms with van der Waals surface area (Å²) in [5.41, 5.74) is 3.04. The van der Waals surface area contributed by atoms with Crippen LogP contribution in [-0.4, -0.2) is 26.9 Å². The van der Waals surface area contributed by atoms with E-state index in [4.69, 9.17) is 0 Å². The number of hydrogen-bond acceptors (Lipinski definition) is 6. The van der Waals surface area contributed by atoms with Gasteiger partial charge in [-0.3, -0.25) is 0 Å². The average molecular weight is 284 g/mol. The molecule has 0 amide bonds. The third kappa shape index (κ3) is 1.61. The number of carbonyl (C=O) groups is 1. The van der Waals surface area contributed by atoms with Crippen molar-refractivity contribution in [1.82, 2.24) is 9.59 Å². The summed E-state index contributed by atoms with van der Waals surface area (Å²) in [5.74, 6) is -0.826. The van der Waals surface area contributed by atoms with Gasteiger partial charge in [0, 0.05) is 5.56 Å². The third-order valence-electron chi connectivity index (χ3n) is 2.75. The summed E-state index contributed by atoms with van der Waals surface area (Å²) < 4.78 is 5.03. The Morgan fingerprint density at radius 3 is 3.00 bits per heavy atom. The maximum atomic E-state index is 11.2. The van der Waals surface area contributed by atoms with Crippen LogP contribution in [0.3, 0.4) is 0 Å². The number of aromatic carboxylic acids is 1. The van der Waals surface area contributed by atoms with E-state index in [9.17, 15) is 9.90 Å². The number of nitrogens with zero attached hydrogens (tertiary/aromatic N) is 2. The number of carboxylic acid groups (broad SMARTS) is 1. The smallest absolute Gasteiger partial charge is 0.346 e. The maximum Gasteiger partial charge on any atom is 0.346 e. The first-order valence-corrected chi connectivity index (χ1v) is 7.78. The molecule has 0 saturated heterocycles. The van der Waals surface area contributed by atoms with Gasteiger partial charge in [0.05, 0.1) is 14.8 Å². The van der Waals surface area contributed by atoms with Crippen LogP contribution in [0.5, 0.6) is 0 Å². The minimum atomic E-state index is -0.826. The minimum Gasteiger partial charge on any atom is -0.477 e. The summed E-state index contributed by atoms with van der Waals surface area (Å²) in [6.45, 7) is 0. The third-order valence-corrected chi connectivity index (χ3v) is 5.87. The summed E-state index contributed by atoms with van der Waals surface area (Å²) in [6.07, 6.45) is 3.52. The Morgan fingerprint density at radius 1 is 1.47 bits per heavy atom. The van der Waals surface area contributed by atoms with Gasteiger partial charge < -0.3 is 5.11 Å². The first kappa shape index (κ1) is 11.2. The van der Waals surface area contributed by atoms with E-state index in [0.29, 0.717) is 4.88 Å². The summed E-state index contributed by atoms with van der Waals surface area (Å²) >= 11 is 4.32. The van der Waals surface area contributed by atoms with E-state index >= 15 is 0 Å². The summed E-state index contributed by atoms with van der Waals surface area (Å²) in [7, 11) is 0. The van der Waals surface area contributed by atoms with Crippen LogP contribution < -0.4 is 0 Å². The van der Waals surface area contributed by atoms with Crippen molar-refractivity contribution >= 4 is 40.6 Å². The molecule has 2 aromatic rings. The molecule has 0 saturated carbocycles. The van der Waals surface area contributed by atoms with E-state index in [1.807, 2.05) is 6.26 Å². The van der Waals surface area contributed by atoms with Crippen LogP contribution in [0.2, 0.25) is 0 Å². The SMILES string of the molecule is CSc1sc(C(=O)O)c2c1-c1snnc1CC2. The normalized spacial score (nSPS) is 13.2. The first-order valence-electron chi connectivity index (χ1n) is 4.97. The predicted molar refractivity (Wildman–Crippen MR) is 69.4 cm³/mol. The Hall–Kier alpha value is -0.920. The second kappa shape index (κ2) is 4.08. The van der Waals surface area contributed by atoms with Crippen molar-refractivity contribution in [1.29, 1.82) is 0 Å². The van der Waals surface area contributed by atoms with Crippen LogP contribution >= 0.6 is 34.6 Å². The van der Waals surface area contributed by atoms with E-state index < -0.39 is 5.97 Å². The molecule has 0 unspecified atom stereocenters. The van der Waals surface area contributed by atoms with Gasteiger partial charge in [-0.25, -0.2) is 4.79 Å². The molecule has 1 N–H and O–H groups in total. The maximum absolute atomic E-state index is 11.2. The van der Waals surface area contributed by atoms with Crippen LogP contribution in [0.4, 0.5) is 0 Å². The molecule has 88 valence electrons. The van der Waals surface area contributed by atoms with Crippen molar-refractivity contribution in [3.63, 3.8) is 0 Å². The first-order chi connectivity index (χ1) is 8.22. The Balaban J connectivity index is 2.29. The van der Waals surface area contributed by atoms with Gasteiger partial charge in [-0.15, -0.1) is 28.2 Å². The van der Waals surface area contributed by atoms with E-state index in [1.54, 1.807) is 11.8 Å². The molecule has 1 aliphatic carbocycles. The highest BCUT2D eigenvalue weighted by atomic mass is 32.2. The van der Waals surface area contributed by atoms with Crippen LogP contribution in [0.25, 0.3) is 10.4 Å². The lowest BCUT2D eigenvalue weighted by molar-refractivity contribution is 0.0701. The van der Waals surface area contributed by atoms with Gasteiger partial charge in [0.25, 0.3) is 0 Å². The zero-order valence-corrected chi connectivity index (χ0v) is 11.3. The monoisotopic (exact) mass is 284 g/mol. The Morgan fingerprint density at radius 2 is 2.29 bits per heavy atom. The lowest BCUT2D eigenvalue weighted by Crippen LogP contribution is -2.05. The molecular weight excluding hydrogens is 276 g/mol. The fraction of sp³-hybridized carbons (Fsp3) is 0.300. The fourth-order valence-electron chi connectivity index (χ4n) is 2.03. The highest BCUT2D eigenvalue weighted by Crippen LogP contribution is 2.47. The van der Waals surface area contributed by atoms with Crippen LogP contribution in [-0.2, 0) is 12.8 Å². The second-order valence-electron chi connectivity index (χ2n) is 3.63. The average Bonchev–Trinajstić information content (AvgIpc) is 2.91. The Kier molecular flexibility index (Phi) is 2.68. The van der Waals surface area contributed by atoms with Gasteiger partial charge in [-0.2, -0.15) is 0 Å². The highest BCUT2D eigenvalue weighted by molar-refractivity contribution is 8.00.